The molecule has 0 unspecified atom stereocenters. The summed E-state index contributed by atoms with van der Waals surface area (Å²) in [5.74, 6) is 0. The standard InChI is InChI=1S/C12H20N2O3S/c1-2-8-13-18(16,17)14-12(10-15)9-11-6-4-3-5-7-11/h3-7,12-15H,2,8-10H2,1H3/t12-/m1/s1. The van der Waals surface area contributed by atoms with Crippen LogP contribution in [0.4, 0.5) is 0 Å². The van der Waals surface area contributed by atoms with Crippen molar-refractivity contribution in [3.8, 4) is 0 Å². The average molecular weight is 272 g/mol. The highest BCUT2D eigenvalue weighted by molar-refractivity contribution is 7.87. The van der Waals surface area contributed by atoms with Crippen LogP contribution in [0.3, 0.4) is 0 Å². The SMILES string of the molecule is CCCNS(=O)(=O)N[C@@H](CO)Cc1ccccc1. The fourth-order valence-electron chi connectivity index (χ4n) is 1.54. The highest BCUT2D eigenvalue weighted by atomic mass is 32.2. The van der Waals surface area contributed by atoms with Gasteiger partial charge in [0.1, 0.15) is 0 Å². The predicted octanol–water partition coefficient (Wildman–Crippen LogP) is 0.424. The van der Waals surface area contributed by atoms with E-state index in [1.165, 1.54) is 0 Å². The first kappa shape index (κ1) is 15.1. The summed E-state index contributed by atoms with van der Waals surface area (Å²) in [5, 5.41) is 9.22. The molecule has 3 N–H and O–H groups in total. The van der Waals surface area contributed by atoms with Crippen LogP contribution in [-0.2, 0) is 16.6 Å². The molecular weight excluding hydrogens is 252 g/mol. The average Bonchev–Trinajstić information content (AvgIpc) is 2.36. The van der Waals surface area contributed by atoms with Gasteiger partial charge in [0.25, 0.3) is 10.2 Å². The third kappa shape index (κ3) is 5.59. The van der Waals surface area contributed by atoms with Crippen molar-refractivity contribution in [2.75, 3.05) is 13.2 Å². The van der Waals surface area contributed by atoms with Crippen LogP contribution in [0.1, 0.15) is 18.9 Å². The molecule has 18 heavy (non-hydrogen) atoms. The second kappa shape index (κ2) is 7.48. The Hall–Kier alpha value is -0.950. The minimum absolute atomic E-state index is 0.234. The summed E-state index contributed by atoms with van der Waals surface area (Å²) in [7, 11) is -3.54. The lowest BCUT2D eigenvalue weighted by Gasteiger charge is -2.16. The molecule has 0 saturated heterocycles. The fraction of sp³-hybridized carbons (Fsp3) is 0.500. The maximum absolute atomic E-state index is 11.6. The Morgan fingerprint density at radius 3 is 2.50 bits per heavy atom. The van der Waals surface area contributed by atoms with Crippen molar-refractivity contribution in [1.29, 1.82) is 0 Å². The lowest BCUT2D eigenvalue weighted by atomic mass is 10.1. The van der Waals surface area contributed by atoms with Gasteiger partial charge in [0, 0.05) is 6.54 Å². The first-order chi connectivity index (χ1) is 8.57. The summed E-state index contributed by atoms with van der Waals surface area (Å²) in [4.78, 5) is 0. The molecule has 0 aliphatic carbocycles. The van der Waals surface area contributed by atoms with E-state index in [1.807, 2.05) is 37.3 Å². The molecule has 0 aliphatic rings. The van der Waals surface area contributed by atoms with Gasteiger partial charge in [-0.05, 0) is 18.4 Å². The molecule has 1 aromatic carbocycles. The minimum atomic E-state index is -3.54. The van der Waals surface area contributed by atoms with Crippen molar-refractivity contribution in [3.05, 3.63) is 35.9 Å². The third-order valence-corrected chi connectivity index (χ3v) is 3.64. The quantitative estimate of drug-likeness (QED) is 0.642. The lowest BCUT2D eigenvalue weighted by molar-refractivity contribution is 0.255. The molecule has 0 bridgehead atoms. The van der Waals surface area contributed by atoms with Crippen LogP contribution >= 0.6 is 0 Å². The molecule has 5 nitrogen and oxygen atoms in total. The molecule has 102 valence electrons. The van der Waals surface area contributed by atoms with Gasteiger partial charge in [0.2, 0.25) is 0 Å². The van der Waals surface area contributed by atoms with E-state index in [-0.39, 0.29) is 6.61 Å². The lowest BCUT2D eigenvalue weighted by Crippen LogP contribution is -2.45. The van der Waals surface area contributed by atoms with Gasteiger partial charge in [-0.3, -0.25) is 0 Å². The Bertz CT molecular complexity index is 434. The number of aliphatic hydroxyl groups is 1. The number of nitrogens with one attached hydrogen (secondary N) is 2. The van der Waals surface area contributed by atoms with Crippen LogP contribution in [0, 0.1) is 0 Å². The van der Waals surface area contributed by atoms with Crippen LogP contribution < -0.4 is 9.44 Å². The summed E-state index contributed by atoms with van der Waals surface area (Å²) in [5.41, 5.74) is 0.981. The van der Waals surface area contributed by atoms with Gasteiger partial charge in [0.15, 0.2) is 0 Å². The van der Waals surface area contributed by atoms with Gasteiger partial charge in [-0.25, -0.2) is 4.72 Å². The molecule has 0 amide bonds. The number of hydrogen-bond donors (Lipinski definition) is 3. The van der Waals surface area contributed by atoms with Gasteiger partial charge in [0.05, 0.1) is 12.6 Å². The van der Waals surface area contributed by atoms with Crippen LogP contribution in [0.25, 0.3) is 0 Å². The van der Waals surface area contributed by atoms with Crippen molar-refractivity contribution in [3.63, 3.8) is 0 Å². The fourth-order valence-corrected chi connectivity index (χ4v) is 2.69. The molecule has 0 aliphatic heterocycles. The van der Waals surface area contributed by atoms with Crippen LogP contribution in [-0.4, -0.2) is 32.7 Å². The first-order valence-corrected chi connectivity index (χ1v) is 7.47. The first-order valence-electron chi connectivity index (χ1n) is 5.99. The Kier molecular flexibility index (Phi) is 6.28. The van der Waals surface area contributed by atoms with Crippen molar-refractivity contribution < 1.29 is 13.5 Å². The minimum Gasteiger partial charge on any atom is -0.395 e. The van der Waals surface area contributed by atoms with Gasteiger partial charge in [-0.15, -0.1) is 0 Å². The van der Waals surface area contributed by atoms with E-state index < -0.39 is 16.3 Å². The zero-order valence-electron chi connectivity index (χ0n) is 10.5. The van der Waals surface area contributed by atoms with Crippen molar-refractivity contribution >= 4 is 10.2 Å². The molecule has 1 atom stereocenters. The van der Waals surface area contributed by atoms with Crippen molar-refractivity contribution in [2.24, 2.45) is 0 Å². The number of hydrogen-bond acceptors (Lipinski definition) is 3. The van der Waals surface area contributed by atoms with Crippen molar-refractivity contribution in [2.45, 2.75) is 25.8 Å². The van der Waals surface area contributed by atoms with Crippen molar-refractivity contribution in [1.82, 2.24) is 9.44 Å². The van der Waals surface area contributed by atoms with E-state index in [9.17, 15) is 13.5 Å². The zero-order chi connectivity index (χ0) is 13.4. The van der Waals surface area contributed by atoms with Gasteiger partial charge < -0.3 is 5.11 Å². The zero-order valence-corrected chi connectivity index (χ0v) is 11.3. The summed E-state index contributed by atoms with van der Waals surface area (Å²) >= 11 is 0. The molecule has 0 spiro atoms. The summed E-state index contributed by atoms with van der Waals surface area (Å²) in [6.45, 7) is 2.04. The monoisotopic (exact) mass is 272 g/mol. The summed E-state index contributed by atoms with van der Waals surface area (Å²) in [6.07, 6.45) is 1.19. The Labute approximate surface area is 108 Å². The molecule has 0 fully saturated rings. The van der Waals surface area contributed by atoms with Gasteiger partial charge >= 0.3 is 0 Å². The largest absolute Gasteiger partial charge is 0.395 e. The van der Waals surface area contributed by atoms with E-state index in [2.05, 4.69) is 9.44 Å². The van der Waals surface area contributed by atoms with Gasteiger partial charge in [-0.2, -0.15) is 13.1 Å². The molecule has 0 heterocycles. The highest BCUT2D eigenvalue weighted by Gasteiger charge is 2.16. The van der Waals surface area contributed by atoms with Crippen LogP contribution in [0.15, 0.2) is 30.3 Å². The van der Waals surface area contributed by atoms with Crippen LogP contribution in [0.5, 0.6) is 0 Å². The molecular formula is C12H20N2O3S. The number of benzene rings is 1. The smallest absolute Gasteiger partial charge is 0.277 e. The second-order valence-corrected chi connectivity index (χ2v) is 5.62. The maximum Gasteiger partial charge on any atom is 0.277 e. The van der Waals surface area contributed by atoms with E-state index in [1.54, 1.807) is 0 Å². The molecule has 1 rings (SSSR count). The normalized spacial score (nSPS) is 13.4. The third-order valence-electron chi connectivity index (χ3n) is 2.41. The topological polar surface area (TPSA) is 78.4 Å². The molecule has 0 saturated carbocycles. The maximum atomic E-state index is 11.6. The number of rotatable bonds is 8. The van der Waals surface area contributed by atoms with E-state index in [0.29, 0.717) is 13.0 Å². The molecule has 0 radical (unpaired) electrons. The van der Waals surface area contributed by atoms with E-state index >= 15 is 0 Å². The Balaban J connectivity index is 2.57. The predicted molar refractivity (Wildman–Crippen MR) is 71.4 cm³/mol. The molecule has 6 heteroatoms. The number of aliphatic hydroxyl groups excluding tert-OH is 1. The molecule has 1 aromatic rings. The van der Waals surface area contributed by atoms with Crippen LogP contribution in [0.2, 0.25) is 0 Å². The Morgan fingerprint density at radius 2 is 1.94 bits per heavy atom. The highest BCUT2D eigenvalue weighted by Crippen LogP contribution is 2.03. The van der Waals surface area contributed by atoms with Gasteiger partial charge in [-0.1, -0.05) is 37.3 Å². The molecule has 0 aromatic heterocycles. The van der Waals surface area contributed by atoms with E-state index in [4.69, 9.17) is 0 Å². The van der Waals surface area contributed by atoms with E-state index in [0.717, 1.165) is 12.0 Å². The Morgan fingerprint density at radius 1 is 1.28 bits per heavy atom. The summed E-state index contributed by atoms with van der Waals surface area (Å²) < 4.78 is 28.1. The second-order valence-electron chi connectivity index (χ2n) is 4.08. The summed E-state index contributed by atoms with van der Waals surface area (Å²) in [6, 6.07) is 8.94.